The molecular formula is C15H26N4OS. The number of nitrogens with zero attached hydrogens (tertiary/aromatic N) is 2. The molecule has 6 heteroatoms. The van der Waals surface area contributed by atoms with Crippen LogP contribution < -0.4 is 10.6 Å². The van der Waals surface area contributed by atoms with Gasteiger partial charge in [-0.15, -0.1) is 0 Å². The molecule has 0 saturated heterocycles. The number of aryl methyl sites for hydroxylation is 1. The van der Waals surface area contributed by atoms with Crippen molar-refractivity contribution in [2.75, 3.05) is 5.75 Å². The fourth-order valence-electron chi connectivity index (χ4n) is 2.79. The summed E-state index contributed by atoms with van der Waals surface area (Å²) >= 11 is 1.97. The van der Waals surface area contributed by atoms with Gasteiger partial charge in [0.2, 0.25) is 0 Å². The highest BCUT2D eigenvalue weighted by molar-refractivity contribution is 7.99. The number of nitrogens with one attached hydrogen (secondary N) is 2. The molecule has 0 aromatic carbocycles. The molecule has 1 saturated carbocycles. The maximum Gasteiger partial charge on any atom is 0.315 e. The highest BCUT2D eigenvalue weighted by Crippen LogP contribution is 2.28. The van der Waals surface area contributed by atoms with Crippen LogP contribution in [0.3, 0.4) is 0 Å². The molecule has 0 radical (unpaired) electrons. The Morgan fingerprint density at radius 3 is 2.90 bits per heavy atom. The van der Waals surface area contributed by atoms with Crippen LogP contribution in [0.4, 0.5) is 4.79 Å². The summed E-state index contributed by atoms with van der Waals surface area (Å²) in [4.78, 5) is 12.1. The summed E-state index contributed by atoms with van der Waals surface area (Å²) in [6.45, 7) is 4.72. The third-order valence-electron chi connectivity index (χ3n) is 4.18. The van der Waals surface area contributed by atoms with Crippen LogP contribution in [0, 0.1) is 6.92 Å². The van der Waals surface area contributed by atoms with E-state index in [2.05, 4.69) is 22.7 Å². The highest BCUT2D eigenvalue weighted by atomic mass is 32.2. The van der Waals surface area contributed by atoms with Crippen LogP contribution in [0.15, 0.2) is 6.20 Å². The lowest BCUT2D eigenvalue weighted by atomic mass is 9.95. The first-order valence-electron chi connectivity index (χ1n) is 7.75. The van der Waals surface area contributed by atoms with E-state index in [0.717, 1.165) is 23.4 Å². The Hall–Kier alpha value is -1.17. The lowest BCUT2D eigenvalue weighted by molar-refractivity contribution is 0.233. The van der Waals surface area contributed by atoms with Gasteiger partial charge >= 0.3 is 6.03 Å². The quantitative estimate of drug-likeness (QED) is 0.879. The number of hydrogen-bond acceptors (Lipinski definition) is 3. The van der Waals surface area contributed by atoms with Crippen LogP contribution in [0.1, 0.15) is 43.9 Å². The SMILES string of the molecule is CCSC1CCCCC1NC(=O)NCc1cnn(C)c1C. The largest absolute Gasteiger partial charge is 0.334 e. The molecule has 2 N–H and O–H groups in total. The molecule has 1 aliphatic rings. The molecule has 0 bridgehead atoms. The second kappa shape index (κ2) is 7.73. The molecule has 1 aromatic rings. The molecule has 118 valence electrons. The molecule has 21 heavy (non-hydrogen) atoms. The predicted molar refractivity (Wildman–Crippen MR) is 87.5 cm³/mol. The maximum atomic E-state index is 12.1. The molecule has 2 rings (SSSR count). The number of urea groups is 1. The van der Waals surface area contributed by atoms with E-state index < -0.39 is 0 Å². The average molecular weight is 310 g/mol. The van der Waals surface area contributed by atoms with Gasteiger partial charge in [-0.05, 0) is 25.5 Å². The topological polar surface area (TPSA) is 59.0 Å². The van der Waals surface area contributed by atoms with Crippen molar-refractivity contribution in [2.45, 2.75) is 57.4 Å². The van der Waals surface area contributed by atoms with Gasteiger partial charge in [0.1, 0.15) is 0 Å². The standard InChI is InChI=1S/C15H26N4OS/c1-4-21-14-8-6-5-7-13(14)18-15(20)16-9-12-10-17-19(3)11(12)2/h10,13-14H,4-9H2,1-3H3,(H2,16,18,20). The van der Waals surface area contributed by atoms with E-state index in [9.17, 15) is 4.79 Å². The van der Waals surface area contributed by atoms with Crippen LogP contribution in [0.25, 0.3) is 0 Å². The van der Waals surface area contributed by atoms with Gasteiger partial charge in [0.05, 0.1) is 6.20 Å². The summed E-state index contributed by atoms with van der Waals surface area (Å²) in [6, 6.07) is 0.241. The zero-order valence-corrected chi connectivity index (χ0v) is 14.0. The monoisotopic (exact) mass is 310 g/mol. The van der Waals surface area contributed by atoms with Crippen molar-refractivity contribution in [2.24, 2.45) is 7.05 Å². The second-order valence-electron chi connectivity index (χ2n) is 5.59. The van der Waals surface area contributed by atoms with Crippen molar-refractivity contribution in [1.82, 2.24) is 20.4 Å². The van der Waals surface area contributed by atoms with Gasteiger partial charge in [-0.2, -0.15) is 16.9 Å². The van der Waals surface area contributed by atoms with Crippen molar-refractivity contribution in [1.29, 1.82) is 0 Å². The number of hydrogen-bond donors (Lipinski definition) is 2. The second-order valence-corrected chi connectivity index (χ2v) is 7.11. The number of carbonyl (C=O) groups excluding carboxylic acids is 1. The number of carbonyl (C=O) groups is 1. The van der Waals surface area contributed by atoms with Gasteiger partial charge in [0.25, 0.3) is 0 Å². The van der Waals surface area contributed by atoms with Crippen molar-refractivity contribution in [3.05, 3.63) is 17.5 Å². The highest BCUT2D eigenvalue weighted by Gasteiger charge is 2.26. The zero-order valence-electron chi connectivity index (χ0n) is 13.2. The summed E-state index contributed by atoms with van der Waals surface area (Å²) in [5, 5.41) is 10.9. The first-order chi connectivity index (χ1) is 10.1. The van der Waals surface area contributed by atoms with Crippen LogP contribution in [0.2, 0.25) is 0 Å². The van der Waals surface area contributed by atoms with Crippen LogP contribution >= 0.6 is 11.8 Å². The Morgan fingerprint density at radius 1 is 1.48 bits per heavy atom. The number of thioether (sulfide) groups is 1. The summed E-state index contributed by atoms with van der Waals surface area (Å²) in [5.74, 6) is 1.11. The van der Waals surface area contributed by atoms with Gasteiger partial charge < -0.3 is 10.6 Å². The van der Waals surface area contributed by atoms with Crippen molar-refractivity contribution < 1.29 is 4.79 Å². The van der Waals surface area contributed by atoms with Crippen molar-refractivity contribution in [3.63, 3.8) is 0 Å². The van der Waals surface area contributed by atoms with Gasteiger partial charge in [-0.1, -0.05) is 19.8 Å². The Morgan fingerprint density at radius 2 is 2.24 bits per heavy atom. The molecule has 2 atom stereocenters. The smallest absolute Gasteiger partial charge is 0.315 e. The van der Waals surface area contributed by atoms with Gasteiger partial charge in [-0.25, -0.2) is 4.79 Å². The number of amides is 2. The third-order valence-corrected chi connectivity index (χ3v) is 5.50. The molecule has 2 amide bonds. The fraction of sp³-hybridized carbons (Fsp3) is 0.733. The molecule has 1 aliphatic carbocycles. The zero-order chi connectivity index (χ0) is 15.2. The third kappa shape index (κ3) is 4.40. The lowest BCUT2D eigenvalue weighted by Crippen LogP contribution is -2.47. The summed E-state index contributed by atoms with van der Waals surface area (Å²) in [6.07, 6.45) is 6.62. The van der Waals surface area contributed by atoms with Crippen molar-refractivity contribution in [3.8, 4) is 0 Å². The maximum absolute atomic E-state index is 12.1. The van der Waals surface area contributed by atoms with Crippen LogP contribution in [0.5, 0.6) is 0 Å². The predicted octanol–water partition coefficient (Wildman–Crippen LogP) is 2.59. The van der Waals surface area contributed by atoms with E-state index in [-0.39, 0.29) is 6.03 Å². The average Bonchev–Trinajstić information content (AvgIpc) is 2.79. The van der Waals surface area contributed by atoms with Gasteiger partial charge in [0.15, 0.2) is 0 Å². The van der Waals surface area contributed by atoms with E-state index in [1.807, 2.05) is 36.6 Å². The van der Waals surface area contributed by atoms with Gasteiger partial charge in [-0.3, -0.25) is 4.68 Å². The van der Waals surface area contributed by atoms with Crippen LogP contribution in [-0.4, -0.2) is 32.9 Å². The molecule has 0 spiro atoms. The minimum Gasteiger partial charge on any atom is -0.334 e. The number of rotatable bonds is 5. The molecule has 0 aliphatic heterocycles. The Labute approximate surface area is 131 Å². The first-order valence-corrected chi connectivity index (χ1v) is 8.80. The summed E-state index contributed by atoms with van der Waals surface area (Å²) in [7, 11) is 1.91. The van der Waals surface area contributed by atoms with Crippen molar-refractivity contribution >= 4 is 17.8 Å². The molecule has 1 aromatic heterocycles. The molecule has 2 unspecified atom stereocenters. The summed E-state index contributed by atoms with van der Waals surface area (Å²) in [5.41, 5.74) is 2.16. The Bertz CT molecular complexity index is 472. The fourth-order valence-corrected chi connectivity index (χ4v) is 3.99. The molecule has 1 heterocycles. The van der Waals surface area contributed by atoms with Gasteiger partial charge in [0, 0.05) is 36.1 Å². The summed E-state index contributed by atoms with van der Waals surface area (Å²) < 4.78 is 1.82. The minimum absolute atomic E-state index is 0.0631. The molecule has 1 fully saturated rings. The minimum atomic E-state index is -0.0631. The Balaban J connectivity index is 1.81. The molecular weight excluding hydrogens is 284 g/mol. The van der Waals surface area contributed by atoms with E-state index in [4.69, 9.17) is 0 Å². The van der Waals surface area contributed by atoms with E-state index in [0.29, 0.717) is 17.8 Å². The Kier molecular flexibility index (Phi) is 5.96. The van der Waals surface area contributed by atoms with E-state index in [1.54, 1.807) is 0 Å². The van der Waals surface area contributed by atoms with Crippen LogP contribution in [-0.2, 0) is 13.6 Å². The number of aromatic nitrogens is 2. The first kappa shape index (κ1) is 16.2. The van der Waals surface area contributed by atoms with E-state index >= 15 is 0 Å². The van der Waals surface area contributed by atoms with E-state index in [1.165, 1.54) is 19.3 Å². The lowest BCUT2D eigenvalue weighted by Gasteiger charge is -2.31. The normalized spacial score (nSPS) is 22.0. The molecule has 5 nitrogen and oxygen atoms in total.